The second kappa shape index (κ2) is 8.42. The van der Waals surface area contributed by atoms with Gasteiger partial charge in [-0.05, 0) is 49.6 Å². The van der Waals surface area contributed by atoms with Gasteiger partial charge in [-0.2, -0.15) is 0 Å². The molecule has 1 aliphatic heterocycles. The van der Waals surface area contributed by atoms with Gasteiger partial charge in [0.2, 0.25) is 5.91 Å². The number of carbonyl (C=O) groups excluding carboxylic acids is 2. The number of hydrogen-bond donors (Lipinski definition) is 2. The quantitative estimate of drug-likeness (QED) is 0.841. The zero-order valence-electron chi connectivity index (χ0n) is 15.1. The van der Waals surface area contributed by atoms with Crippen LogP contribution in [0, 0.1) is 5.92 Å². The number of benzene rings is 1. The third-order valence-corrected chi connectivity index (χ3v) is 5.17. The molecule has 7 heteroatoms. The monoisotopic (exact) mass is 372 g/mol. The fourth-order valence-electron chi connectivity index (χ4n) is 3.17. The molecule has 6 nitrogen and oxygen atoms in total. The topological polar surface area (TPSA) is 74.3 Å². The van der Waals surface area contributed by atoms with E-state index in [0.29, 0.717) is 16.4 Å². The van der Waals surface area contributed by atoms with Gasteiger partial charge in [-0.3, -0.25) is 19.8 Å². The third kappa shape index (κ3) is 5.12. The molecule has 0 radical (unpaired) electrons. The highest BCUT2D eigenvalue weighted by Gasteiger charge is 2.17. The van der Waals surface area contributed by atoms with Crippen LogP contribution in [-0.2, 0) is 11.3 Å². The average Bonchev–Trinajstić information content (AvgIpc) is 3.02. The molecule has 2 amide bonds. The van der Waals surface area contributed by atoms with Gasteiger partial charge in [0.15, 0.2) is 5.13 Å². The highest BCUT2D eigenvalue weighted by molar-refractivity contribution is 7.13. The van der Waals surface area contributed by atoms with E-state index in [1.807, 2.05) is 5.38 Å². The van der Waals surface area contributed by atoms with Crippen molar-refractivity contribution in [3.8, 4) is 0 Å². The molecule has 0 aliphatic carbocycles. The van der Waals surface area contributed by atoms with Crippen molar-refractivity contribution in [3.63, 3.8) is 0 Å². The summed E-state index contributed by atoms with van der Waals surface area (Å²) >= 11 is 1.45. The molecule has 1 aromatic carbocycles. The van der Waals surface area contributed by atoms with E-state index in [2.05, 4.69) is 27.4 Å². The fraction of sp³-hybridized carbons (Fsp3) is 0.421. The first-order valence-electron chi connectivity index (χ1n) is 8.85. The van der Waals surface area contributed by atoms with E-state index in [1.54, 1.807) is 24.3 Å². The minimum atomic E-state index is -0.202. The van der Waals surface area contributed by atoms with Gasteiger partial charge in [-0.25, -0.2) is 4.98 Å². The van der Waals surface area contributed by atoms with Crippen LogP contribution in [0.4, 0.5) is 10.8 Å². The molecular formula is C19H24N4O2S. The molecule has 1 fully saturated rings. The first-order valence-corrected chi connectivity index (χ1v) is 9.73. The molecule has 1 aromatic heterocycles. The van der Waals surface area contributed by atoms with Crippen molar-refractivity contribution in [2.45, 2.75) is 33.2 Å². The minimum absolute atomic E-state index is 0.138. The summed E-state index contributed by atoms with van der Waals surface area (Å²) in [6.07, 6.45) is 2.54. The van der Waals surface area contributed by atoms with Crippen molar-refractivity contribution in [1.82, 2.24) is 9.88 Å². The molecule has 0 spiro atoms. The highest BCUT2D eigenvalue weighted by atomic mass is 32.1. The lowest BCUT2D eigenvalue weighted by atomic mass is 10.0. The number of aromatic nitrogens is 1. The number of thiazole rings is 1. The summed E-state index contributed by atoms with van der Waals surface area (Å²) < 4.78 is 0. The van der Waals surface area contributed by atoms with Crippen LogP contribution in [0.3, 0.4) is 0 Å². The van der Waals surface area contributed by atoms with Crippen molar-refractivity contribution in [3.05, 3.63) is 40.9 Å². The SMILES string of the molecule is CC(=O)Nc1ccc(C(=O)Nc2nc(CN3CCCC(C)C3)cs2)cc1. The lowest BCUT2D eigenvalue weighted by Crippen LogP contribution is -2.33. The van der Waals surface area contributed by atoms with Crippen molar-refractivity contribution < 1.29 is 9.59 Å². The summed E-state index contributed by atoms with van der Waals surface area (Å²) in [6, 6.07) is 6.79. The van der Waals surface area contributed by atoms with Gasteiger partial charge in [0.25, 0.3) is 5.91 Å². The van der Waals surface area contributed by atoms with Gasteiger partial charge in [0, 0.05) is 36.6 Å². The molecule has 1 atom stereocenters. The van der Waals surface area contributed by atoms with E-state index in [9.17, 15) is 9.59 Å². The van der Waals surface area contributed by atoms with Gasteiger partial charge in [0.1, 0.15) is 0 Å². The molecule has 3 rings (SSSR count). The van der Waals surface area contributed by atoms with Crippen LogP contribution in [0.2, 0.25) is 0 Å². The second-order valence-corrected chi connectivity index (χ2v) is 7.70. The molecule has 1 saturated heterocycles. The van der Waals surface area contributed by atoms with Crippen LogP contribution in [-0.4, -0.2) is 34.8 Å². The summed E-state index contributed by atoms with van der Waals surface area (Å²) in [7, 11) is 0. The van der Waals surface area contributed by atoms with Crippen molar-refractivity contribution >= 4 is 34.0 Å². The van der Waals surface area contributed by atoms with Crippen LogP contribution in [0.1, 0.15) is 42.7 Å². The summed E-state index contributed by atoms with van der Waals surface area (Å²) in [5.41, 5.74) is 2.20. The molecule has 0 saturated carbocycles. The number of nitrogens with one attached hydrogen (secondary N) is 2. The van der Waals surface area contributed by atoms with Crippen LogP contribution in [0.5, 0.6) is 0 Å². The fourth-order valence-corrected chi connectivity index (χ4v) is 3.87. The van der Waals surface area contributed by atoms with Gasteiger partial charge >= 0.3 is 0 Å². The maximum Gasteiger partial charge on any atom is 0.257 e. The van der Waals surface area contributed by atoms with Gasteiger partial charge < -0.3 is 5.32 Å². The molecule has 2 heterocycles. The van der Waals surface area contributed by atoms with Crippen LogP contribution in [0.15, 0.2) is 29.6 Å². The molecule has 26 heavy (non-hydrogen) atoms. The predicted molar refractivity (Wildman–Crippen MR) is 104 cm³/mol. The zero-order valence-corrected chi connectivity index (χ0v) is 15.9. The first-order chi connectivity index (χ1) is 12.5. The van der Waals surface area contributed by atoms with Gasteiger partial charge in [-0.15, -0.1) is 11.3 Å². The van der Waals surface area contributed by atoms with Crippen LogP contribution >= 0.6 is 11.3 Å². The maximum atomic E-state index is 12.3. The van der Waals surface area contributed by atoms with Crippen molar-refractivity contribution in [1.29, 1.82) is 0 Å². The Morgan fingerprint density at radius 1 is 1.27 bits per heavy atom. The lowest BCUT2D eigenvalue weighted by Gasteiger charge is -2.30. The molecule has 138 valence electrons. The predicted octanol–water partition coefficient (Wildman–Crippen LogP) is 3.59. The Morgan fingerprint density at radius 2 is 2.04 bits per heavy atom. The number of anilines is 2. The van der Waals surface area contributed by atoms with E-state index in [0.717, 1.165) is 31.2 Å². The van der Waals surface area contributed by atoms with E-state index in [4.69, 9.17) is 0 Å². The van der Waals surface area contributed by atoms with E-state index >= 15 is 0 Å². The number of nitrogens with zero attached hydrogens (tertiary/aromatic N) is 2. The van der Waals surface area contributed by atoms with Crippen LogP contribution in [0.25, 0.3) is 0 Å². The first kappa shape index (κ1) is 18.5. The molecular weight excluding hydrogens is 348 g/mol. The molecule has 2 aromatic rings. The summed E-state index contributed by atoms with van der Waals surface area (Å²) in [5.74, 6) is 0.398. The Kier molecular flexibility index (Phi) is 6.00. The number of hydrogen-bond acceptors (Lipinski definition) is 5. The maximum absolute atomic E-state index is 12.3. The van der Waals surface area contributed by atoms with Gasteiger partial charge in [-0.1, -0.05) is 6.92 Å². The Morgan fingerprint density at radius 3 is 2.73 bits per heavy atom. The smallest absolute Gasteiger partial charge is 0.257 e. The number of rotatable bonds is 5. The third-order valence-electron chi connectivity index (χ3n) is 4.37. The second-order valence-electron chi connectivity index (χ2n) is 6.84. The summed E-state index contributed by atoms with van der Waals surface area (Å²) in [6.45, 7) is 6.80. The van der Waals surface area contributed by atoms with Crippen molar-refractivity contribution in [2.24, 2.45) is 5.92 Å². The number of carbonyl (C=O) groups is 2. The Hall–Kier alpha value is -2.25. The van der Waals surface area contributed by atoms with Gasteiger partial charge in [0.05, 0.1) is 5.69 Å². The average molecular weight is 372 g/mol. The number of piperidine rings is 1. The molecule has 0 bridgehead atoms. The van der Waals surface area contributed by atoms with E-state index in [-0.39, 0.29) is 11.8 Å². The number of likely N-dealkylation sites (tertiary alicyclic amines) is 1. The Balaban J connectivity index is 1.56. The normalized spacial score (nSPS) is 17.7. The highest BCUT2D eigenvalue weighted by Crippen LogP contribution is 2.21. The minimum Gasteiger partial charge on any atom is -0.326 e. The Bertz CT molecular complexity index is 772. The largest absolute Gasteiger partial charge is 0.326 e. The summed E-state index contributed by atoms with van der Waals surface area (Å²) in [4.78, 5) is 30.3. The molecule has 1 unspecified atom stereocenters. The standard InChI is InChI=1S/C19H24N4O2S/c1-13-4-3-9-23(10-13)11-17-12-26-19(21-17)22-18(25)15-5-7-16(8-6-15)20-14(2)24/h5-8,12-13H,3-4,9-11H2,1-2H3,(H,20,24)(H,21,22,25). The molecule has 2 N–H and O–H groups in total. The van der Waals surface area contributed by atoms with E-state index < -0.39 is 0 Å². The van der Waals surface area contributed by atoms with E-state index in [1.165, 1.54) is 31.1 Å². The van der Waals surface area contributed by atoms with Crippen molar-refractivity contribution in [2.75, 3.05) is 23.7 Å². The zero-order chi connectivity index (χ0) is 18.5. The lowest BCUT2D eigenvalue weighted by molar-refractivity contribution is -0.114. The number of amides is 2. The van der Waals surface area contributed by atoms with Crippen LogP contribution < -0.4 is 10.6 Å². The Labute approximate surface area is 157 Å². The summed E-state index contributed by atoms with van der Waals surface area (Å²) in [5, 5.41) is 8.15. The molecule has 1 aliphatic rings.